The molecule has 1 unspecified atom stereocenters. The first-order valence-electron chi connectivity index (χ1n) is 5.33. The van der Waals surface area contributed by atoms with Crippen LogP contribution in [0.1, 0.15) is 5.56 Å². The van der Waals surface area contributed by atoms with Gasteiger partial charge in [-0.1, -0.05) is 12.1 Å². The van der Waals surface area contributed by atoms with Crippen LogP contribution in [-0.4, -0.2) is 27.6 Å². The monoisotopic (exact) mass is 235 g/mol. The van der Waals surface area contributed by atoms with Crippen molar-refractivity contribution >= 4 is 0 Å². The molecular weight excluding hydrogens is 218 g/mol. The molecule has 0 N–H and O–H groups in total. The fraction of sp³-hybridized carbons (Fsp3) is 0.462. The molecule has 0 fully saturated rings. The minimum Gasteiger partial charge on any atom is -0.497 e. The van der Waals surface area contributed by atoms with Crippen molar-refractivity contribution in [1.29, 1.82) is 5.26 Å². The van der Waals surface area contributed by atoms with Gasteiger partial charge in [-0.05, 0) is 24.1 Å². The van der Waals surface area contributed by atoms with Gasteiger partial charge in [-0.25, -0.2) is 0 Å². The molecule has 4 heteroatoms. The van der Waals surface area contributed by atoms with E-state index in [0.717, 1.165) is 11.3 Å². The van der Waals surface area contributed by atoms with E-state index in [2.05, 4.69) is 6.07 Å². The highest BCUT2D eigenvalue weighted by molar-refractivity contribution is 5.27. The predicted octanol–water partition coefficient (Wildman–Crippen LogP) is 2.00. The van der Waals surface area contributed by atoms with Crippen molar-refractivity contribution in [3.63, 3.8) is 0 Å². The summed E-state index contributed by atoms with van der Waals surface area (Å²) in [5.41, 5.74) is 1.05. The molecule has 0 aliphatic rings. The van der Waals surface area contributed by atoms with Gasteiger partial charge >= 0.3 is 0 Å². The third kappa shape index (κ3) is 3.74. The maximum atomic E-state index is 9.09. The van der Waals surface area contributed by atoms with E-state index in [1.54, 1.807) is 7.11 Å². The summed E-state index contributed by atoms with van der Waals surface area (Å²) in [6.07, 6.45) is 0.0921. The lowest BCUT2D eigenvalue weighted by molar-refractivity contribution is -0.124. The fourth-order valence-corrected chi connectivity index (χ4v) is 1.64. The number of hydrogen-bond acceptors (Lipinski definition) is 4. The van der Waals surface area contributed by atoms with Gasteiger partial charge in [0.1, 0.15) is 11.7 Å². The third-order valence-electron chi connectivity index (χ3n) is 2.57. The number of rotatable bonds is 6. The van der Waals surface area contributed by atoms with Crippen molar-refractivity contribution in [3.05, 3.63) is 29.8 Å². The van der Waals surface area contributed by atoms with E-state index in [9.17, 15) is 0 Å². The van der Waals surface area contributed by atoms with Gasteiger partial charge in [-0.3, -0.25) is 0 Å². The Hall–Kier alpha value is -1.57. The van der Waals surface area contributed by atoms with E-state index in [-0.39, 0.29) is 5.92 Å². The number of nitrogens with zero attached hydrogens (tertiary/aromatic N) is 1. The molecule has 0 amide bonds. The summed E-state index contributed by atoms with van der Waals surface area (Å²) < 4.78 is 15.3. The highest BCUT2D eigenvalue weighted by Crippen LogP contribution is 2.17. The molecule has 0 bridgehead atoms. The minimum absolute atomic E-state index is 0.321. The van der Waals surface area contributed by atoms with Gasteiger partial charge in [0.15, 0.2) is 6.29 Å². The highest BCUT2D eigenvalue weighted by atomic mass is 16.7. The van der Waals surface area contributed by atoms with Gasteiger partial charge in [-0.2, -0.15) is 5.26 Å². The second-order valence-electron chi connectivity index (χ2n) is 3.63. The fourth-order valence-electron chi connectivity index (χ4n) is 1.64. The van der Waals surface area contributed by atoms with Crippen LogP contribution in [0.3, 0.4) is 0 Å². The van der Waals surface area contributed by atoms with Crippen LogP contribution < -0.4 is 4.74 Å². The summed E-state index contributed by atoms with van der Waals surface area (Å²) in [5, 5.41) is 9.09. The standard InChI is InChI=1S/C13H17NO3/c1-15-12-6-4-10(5-7-12)8-11(9-14)13(16-2)17-3/h4-7,11,13H,8H2,1-3H3. The van der Waals surface area contributed by atoms with Crippen LogP contribution in [0.5, 0.6) is 5.75 Å². The maximum Gasteiger partial charge on any atom is 0.172 e. The summed E-state index contributed by atoms with van der Waals surface area (Å²) in [4.78, 5) is 0. The third-order valence-corrected chi connectivity index (χ3v) is 2.57. The Morgan fingerprint density at radius 3 is 2.12 bits per heavy atom. The van der Waals surface area contributed by atoms with Crippen molar-refractivity contribution in [2.45, 2.75) is 12.7 Å². The van der Waals surface area contributed by atoms with E-state index in [0.29, 0.717) is 6.42 Å². The van der Waals surface area contributed by atoms with Gasteiger partial charge < -0.3 is 14.2 Å². The van der Waals surface area contributed by atoms with Crippen molar-refractivity contribution in [1.82, 2.24) is 0 Å². The van der Waals surface area contributed by atoms with Gasteiger partial charge in [0.25, 0.3) is 0 Å². The molecule has 1 atom stereocenters. The number of ether oxygens (including phenoxy) is 3. The van der Waals surface area contributed by atoms with E-state index in [1.165, 1.54) is 14.2 Å². The molecular formula is C13H17NO3. The average molecular weight is 235 g/mol. The Morgan fingerprint density at radius 2 is 1.71 bits per heavy atom. The first-order valence-corrected chi connectivity index (χ1v) is 5.33. The number of benzene rings is 1. The Labute approximate surface area is 102 Å². The molecule has 1 rings (SSSR count). The Bertz CT molecular complexity index is 365. The highest BCUT2D eigenvalue weighted by Gasteiger charge is 2.20. The number of nitriles is 1. The second-order valence-corrected chi connectivity index (χ2v) is 3.63. The van der Waals surface area contributed by atoms with Crippen molar-refractivity contribution < 1.29 is 14.2 Å². The number of hydrogen-bond donors (Lipinski definition) is 0. The van der Waals surface area contributed by atoms with Crippen LogP contribution >= 0.6 is 0 Å². The maximum absolute atomic E-state index is 9.09. The van der Waals surface area contributed by atoms with Crippen LogP contribution in [0.25, 0.3) is 0 Å². The smallest absolute Gasteiger partial charge is 0.172 e. The van der Waals surface area contributed by atoms with E-state index in [1.807, 2.05) is 24.3 Å². The molecule has 0 aromatic heterocycles. The quantitative estimate of drug-likeness (QED) is 0.708. The van der Waals surface area contributed by atoms with E-state index < -0.39 is 6.29 Å². The molecule has 0 heterocycles. The lowest BCUT2D eigenvalue weighted by Gasteiger charge is -2.18. The van der Waals surface area contributed by atoms with Crippen molar-refractivity contribution in [2.24, 2.45) is 5.92 Å². The molecule has 4 nitrogen and oxygen atoms in total. The van der Waals surface area contributed by atoms with E-state index in [4.69, 9.17) is 19.5 Å². The van der Waals surface area contributed by atoms with Crippen molar-refractivity contribution in [2.75, 3.05) is 21.3 Å². The Balaban J connectivity index is 2.70. The van der Waals surface area contributed by atoms with Gasteiger partial charge in [-0.15, -0.1) is 0 Å². The summed E-state index contributed by atoms with van der Waals surface area (Å²) in [5.74, 6) is 0.482. The Morgan fingerprint density at radius 1 is 1.12 bits per heavy atom. The van der Waals surface area contributed by atoms with Crippen LogP contribution in [0.15, 0.2) is 24.3 Å². The lowest BCUT2D eigenvalue weighted by Crippen LogP contribution is -2.25. The van der Waals surface area contributed by atoms with Crippen LogP contribution in [0.2, 0.25) is 0 Å². The summed E-state index contributed by atoms with van der Waals surface area (Å²) in [6.45, 7) is 0. The summed E-state index contributed by atoms with van der Waals surface area (Å²) >= 11 is 0. The lowest BCUT2D eigenvalue weighted by atomic mass is 10.00. The normalized spacial score (nSPS) is 12.2. The van der Waals surface area contributed by atoms with Gasteiger partial charge in [0.05, 0.1) is 13.2 Å². The summed E-state index contributed by atoms with van der Waals surface area (Å²) in [6, 6.07) is 9.82. The zero-order valence-electron chi connectivity index (χ0n) is 10.3. The molecule has 1 aromatic rings. The van der Waals surface area contributed by atoms with Crippen LogP contribution in [0.4, 0.5) is 0 Å². The van der Waals surface area contributed by atoms with Crippen molar-refractivity contribution in [3.8, 4) is 11.8 Å². The van der Waals surface area contributed by atoms with E-state index >= 15 is 0 Å². The number of methoxy groups -OCH3 is 3. The van der Waals surface area contributed by atoms with Gasteiger partial charge in [0, 0.05) is 14.2 Å². The summed E-state index contributed by atoms with van der Waals surface area (Å²) in [7, 11) is 4.69. The zero-order valence-corrected chi connectivity index (χ0v) is 10.3. The second kappa shape index (κ2) is 6.89. The molecule has 0 saturated heterocycles. The Kier molecular flexibility index (Phi) is 5.47. The van der Waals surface area contributed by atoms with Gasteiger partial charge in [0.2, 0.25) is 0 Å². The first-order chi connectivity index (χ1) is 8.24. The largest absolute Gasteiger partial charge is 0.497 e. The minimum atomic E-state index is -0.498. The molecule has 0 saturated carbocycles. The molecule has 0 aliphatic carbocycles. The molecule has 0 radical (unpaired) electrons. The van der Waals surface area contributed by atoms with Crippen LogP contribution in [0, 0.1) is 17.2 Å². The first kappa shape index (κ1) is 13.5. The zero-order chi connectivity index (χ0) is 12.7. The molecule has 92 valence electrons. The average Bonchev–Trinajstić information content (AvgIpc) is 2.39. The molecule has 1 aromatic carbocycles. The molecule has 0 spiro atoms. The molecule has 0 aliphatic heterocycles. The SMILES string of the molecule is COc1ccc(CC(C#N)C(OC)OC)cc1. The topological polar surface area (TPSA) is 51.5 Å². The van der Waals surface area contributed by atoms with Crippen LogP contribution in [-0.2, 0) is 15.9 Å². The molecule has 17 heavy (non-hydrogen) atoms. The predicted molar refractivity (Wildman–Crippen MR) is 63.6 cm³/mol.